The molecular formula is C13H18N2O4. The van der Waals surface area contributed by atoms with E-state index in [0.717, 1.165) is 11.3 Å². The average molecular weight is 266 g/mol. The maximum absolute atomic E-state index is 11.6. The van der Waals surface area contributed by atoms with Crippen LogP contribution in [0.5, 0.6) is 0 Å². The molecule has 1 atom stereocenters. The molecule has 0 aliphatic carbocycles. The third-order valence-electron chi connectivity index (χ3n) is 2.78. The molecule has 19 heavy (non-hydrogen) atoms. The molecule has 1 unspecified atom stereocenters. The molecule has 0 aromatic heterocycles. The van der Waals surface area contributed by atoms with E-state index >= 15 is 0 Å². The highest BCUT2D eigenvalue weighted by Crippen LogP contribution is 2.20. The minimum Gasteiger partial charge on any atom is -0.351 e. The molecule has 0 aliphatic heterocycles. The molecule has 0 radical (unpaired) electrons. The average Bonchev–Trinajstić information content (AvgIpc) is 2.43. The number of carbonyl (C=O) groups excluding carboxylic acids is 2. The van der Waals surface area contributed by atoms with Crippen molar-refractivity contribution in [1.82, 2.24) is 0 Å². The SMILES string of the molecule is CCCCC(C(=O)OO)N(C(N)=O)c1ccccc1. The number of benzene rings is 1. The van der Waals surface area contributed by atoms with Crippen LogP contribution in [-0.2, 0) is 9.68 Å². The Morgan fingerprint density at radius 3 is 2.47 bits per heavy atom. The van der Waals surface area contributed by atoms with E-state index in [0.29, 0.717) is 18.5 Å². The van der Waals surface area contributed by atoms with E-state index in [2.05, 4.69) is 4.89 Å². The van der Waals surface area contributed by atoms with Gasteiger partial charge in [0.05, 0.1) is 0 Å². The summed E-state index contributed by atoms with van der Waals surface area (Å²) in [6.07, 6.45) is 1.92. The van der Waals surface area contributed by atoms with Crippen LogP contribution in [0.15, 0.2) is 30.3 Å². The van der Waals surface area contributed by atoms with Crippen molar-refractivity contribution in [3.63, 3.8) is 0 Å². The summed E-state index contributed by atoms with van der Waals surface area (Å²) in [5, 5.41) is 8.55. The van der Waals surface area contributed by atoms with Crippen molar-refractivity contribution in [1.29, 1.82) is 0 Å². The summed E-state index contributed by atoms with van der Waals surface area (Å²) in [6, 6.07) is 6.87. The fourth-order valence-electron chi connectivity index (χ4n) is 1.86. The van der Waals surface area contributed by atoms with Gasteiger partial charge >= 0.3 is 12.0 Å². The molecule has 0 aliphatic rings. The molecule has 104 valence electrons. The number of anilines is 1. The van der Waals surface area contributed by atoms with Gasteiger partial charge in [0.15, 0.2) is 0 Å². The molecule has 2 amide bonds. The molecule has 6 nitrogen and oxygen atoms in total. The molecule has 0 spiro atoms. The number of unbranched alkanes of at least 4 members (excludes halogenated alkanes) is 1. The Kier molecular flexibility index (Phi) is 5.81. The molecule has 0 heterocycles. The Balaban J connectivity index is 3.05. The molecule has 1 aromatic carbocycles. The van der Waals surface area contributed by atoms with Gasteiger partial charge < -0.3 is 5.73 Å². The van der Waals surface area contributed by atoms with Crippen LogP contribution in [-0.4, -0.2) is 23.3 Å². The maximum Gasteiger partial charge on any atom is 0.364 e. The highest BCUT2D eigenvalue weighted by molar-refractivity contribution is 5.97. The minimum absolute atomic E-state index is 0.369. The molecule has 0 saturated carbocycles. The van der Waals surface area contributed by atoms with Crippen molar-refractivity contribution < 1.29 is 19.7 Å². The first-order chi connectivity index (χ1) is 9.11. The minimum atomic E-state index is -0.926. The summed E-state index contributed by atoms with van der Waals surface area (Å²) in [5.74, 6) is -0.892. The topological polar surface area (TPSA) is 92.9 Å². The van der Waals surface area contributed by atoms with Crippen molar-refractivity contribution in [2.24, 2.45) is 5.73 Å². The third kappa shape index (κ3) is 3.96. The van der Waals surface area contributed by atoms with Gasteiger partial charge in [-0.15, -0.1) is 0 Å². The van der Waals surface area contributed by atoms with Crippen LogP contribution in [0.1, 0.15) is 26.2 Å². The van der Waals surface area contributed by atoms with Gasteiger partial charge in [-0.3, -0.25) is 9.79 Å². The van der Waals surface area contributed by atoms with Gasteiger partial charge in [-0.25, -0.2) is 9.59 Å². The van der Waals surface area contributed by atoms with Crippen molar-refractivity contribution in [3.8, 4) is 0 Å². The summed E-state index contributed by atoms with van der Waals surface area (Å²) in [4.78, 5) is 28.1. The van der Waals surface area contributed by atoms with Crippen LogP contribution >= 0.6 is 0 Å². The molecule has 6 heteroatoms. The van der Waals surface area contributed by atoms with Gasteiger partial charge in [0.1, 0.15) is 6.04 Å². The number of carbonyl (C=O) groups is 2. The van der Waals surface area contributed by atoms with Crippen molar-refractivity contribution >= 4 is 17.7 Å². The summed E-state index contributed by atoms with van der Waals surface area (Å²) >= 11 is 0. The highest BCUT2D eigenvalue weighted by Gasteiger charge is 2.31. The molecule has 3 N–H and O–H groups in total. The Labute approximate surface area is 111 Å². The second-order valence-corrected chi connectivity index (χ2v) is 4.11. The lowest BCUT2D eigenvalue weighted by Gasteiger charge is -2.27. The fourth-order valence-corrected chi connectivity index (χ4v) is 1.86. The second-order valence-electron chi connectivity index (χ2n) is 4.11. The van der Waals surface area contributed by atoms with E-state index in [1.807, 2.05) is 6.92 Å². The number of hydrogen-bond donors (Lipinski definition) is 2. The second kappa shape index (κ2) is 7.38. The zero-order valence-corrected chi connectivity index (χ0v) is 10.8. The first kappa shape index (κ1) is 15.0. The number of nitrogens with two attached hydrogens (primary N) is 1. The molecule has 0 saturated heterocycles. The zero-order valence-electron chi connectivity index (χ0n) is 10.8. The molecule has 1 rings (SSSR count). The fraction of sp³-hybridized carbons (Fsp3) is 0.385. The van der Waals surface area contributed by atoms with E-state index in [1.165, 1.54) is 0 Å². The van der Waals surface area contributed by atoms with Crippen LogP contribution < -0.4 is 10.6 Å². The normalized spacial score (nSPS) is 11.7. The van der Waals surface area contributed by atoms with E-state index < -0.39 is 18.0 Å². The largest absolute Gasteiger partial charge is 0.364 e. The summed E-state index contributed by atoms with van der Waals surface area (Å²) in [5.41, 5.74) is 5.82. The number of amides is 2. The predicted octanol–water partition coefficient (Wildman–Crippen LogP) is 2.15. The Morgan fingerprint density at radius 1 is 1.37 bits per heavy atom. The smallest absolute Gasteiger partial charge is 0.351 e. The van der Waals surface area contributed by atoms with Crippen molar-refractivity contribution in [2.45, 2.75) is 32.2 Å². The van der Waals surface area contributed by atoms with Gasteiger partial charge in [0.2, 0.25) is 0 Å². The molecule has 1 aromatic rings. The van der Waals surface area contributed by atoms with Crippen LogP contribution in [0.25, 0.3) is 0 Å². The van der Waals surface area contributed by atoms with Gasteiger partial charge in [0, 0.05) is 5.69 Å². The summed E-state index contributed by atoms with van der Waals surface area (Å²) < 4.78 is 0. The van der Waals surface area contributed by atoms with Gasteiger partial charge in [-0.1, -0.05) is 38.0 Å². The lowest BCUT2D eigenvalue weighted by molar-refractivity contribution is -0.235. The summed E-state index contributed by atoms with van der Waals surface area (Å²) in [7, 11) is 0. The van der Waals surface area contributed by atoms with Crippen molar-refractivity contribution in [2.75, 3.05) is 4.90 Å². The predicted molar refractivity (Wildman–Crippen MR) is 70.5 cm³/mol. The monoisotopic (exact) mass is 266 g/mol. The van der Waals surface area contributed by atoms with E-state index in [1.54, 1.807) is 30.3 Å². The van der Waals surface area contributed by atoms with Gasteiger partial charge in [-0.2, -0.15) is 5.26 Å². The first-order valence-electron chi connectivity index (χ1n) is 6.10. The lowest BCUT2D eigenvalue weighted by Crippen LogP contribution is -2.48. The molecule has 0 bridgehead atoms. The zero-order chi connectivity index (χ0) is 14.3. The number of rotatable bonds is 6. The molecular weight excluding hydrogens is 248 g/mol. The van der Waals surface area contributed by atoms with Crippen molar-refractivity contribution in [3.05, 3.63) is 30.3 Å². The number of urea groups is 1. The van der Waals surface area contributed by atoms with Crippen LogP contribution in [0.3, 0.4) is 0 Å². The quantitative estimate of drug-likeness (QED) is 0.609. The summed E-state index contributed by atoms with van der Waals surface area (Å²) in [6.45, 7) is 1.96. The van der Waals surface area contributed by atoms with Gasteiger partial charge in [-0.05, 0) is 18.6 Å². The third-order valence-corrected chi connectivity index (χ3v) is 2.78. The number of hydrogen-bond acceptors (Lipinski definition) is 4. The maximum atomic E-state index is 11.6. The van der Waals surface area contributed by atoms with E-state index in [4.69, 9.17) is 11.0 Å². The highest BCUT2D eigenvalue weighted by atomic mass is 17.1. The standard InChI is InChI=1S/C13H18N2O4/c1-2-3-9-11(12(16)19-18)15(13(14)17)10-7-5-4-6-8-10/h4-8,11,18H,2-3,9H2,1H3,(H2,14,17). The Morgan fingerprint density at radius 2 is 2.00 bits per heavy atom. The van der Waals surface area contributed by atoms with E-state index in [-0.39, 0.29) is 0 Å². The van der Waals surface area contributed by atoms with E-state index in [9.17, 15) is 9.59 Å². The Bertz CT molecular complexity index is 422. The van der Waals surface area contributed by atoms with Gasteiger partial charge in [0.25, 0.3) is 0 Å². The lowest BCUT2D eigenvalue weighted by atomic mass is 10.1. The number of primary amides is 1. The van der Waals surface area contributed by atoms with Crippen LogP contribution in [0.4, 0.5) is 10.5 Å². The number of para-hydroxylation sites is 1. The first-order valence-corrected chi connectivity index (χ1v) is 6.10. The molecule has 0 fully saturated rings. The number of nitrogens with zero attached hydrogens (tertiary/aromatic N) is 1. The van der Waals surface area contributed by atoms with Crippen LogP contribution in [0, 0.1) is 0 Å². The Hall–Kier alpha value is -2.08. The van der Waals surface area contributed by atoms with Crippen LogP contribution in [0.2, 0.25) is 0 Å².